The normalized spacial score (nSPS) is 14.9. The van der Waals surface area contributed by atoms with Crippen LogP contribution in [0.3, 0.4) is 0 Å². The van der Waals surface area contributed by atoms with Crippen molar-refractivity contribution >= 4 is 11.9 Å². The highest BCUT2D eigenvalue weighted by atomic mass is 16.4. The third-order valence-corrected chi connectivity index (χ3v) is 1.56. The van der Waals surface area contributed by atoms with Crippen molar-refractivity contribution in [3.8, 4) is 0 Å². The zero-order valence-corrected chi connectivity index (χ0v) is 7.36. The molecule has 0 rings (SSSR count). The Bertz CT molecular complexity index is 195. The average Bonchev–Trinajstić information content (AvgIpc) is 2.03. The van der Waals surface area contributed by atoms with Gasteiger partial charge in [-0.05, 0) is 13.0 Å². The van der Waals surface area contributed by atoms with Crippen molar-refractivity contribution in [2.45, 2.75) is 25.4 Å². The Labute approximate surface area is 75.7 Å². The van der Waals surface area contributed by atoms with Gasteiger partial charge in [-0.25, -0.2) is 0 Å². The van der Waals surface area contributed by atoms with Gasteiger partial charge in [0.25, 0.3) is 0 Å². The Morgan fingerprint density at radius 1 is 1.38 bits per heavy atom. The third kappa shape index (κ3) is 4.44. The summed E-state index contributed by atoms with van der Waals surface area (Å²) in [6, 6.07) is -2.03. The molecule has 0 fully saturated rings. The summed E-state index contributed by atoms with van der Waals surface area (Å²) in [7, 11) is 0. The first-order valence-electron chi connectivity index (χ1n) is 3.93. The Morgan fingerprint density at radius 3 is 2.23 bits per heavy atom. The topological polar surface area (TPSA) is 113 Å². The number of rotatable bonds is 6. The van der Waals surface area contributed by atoms with Gasteiger partial charge < -0.3 is 21.3 Å². The number of carboxylic acid groups (broad SMARTS) is 2. The van der Waals surface area contributed by atoms with E-state index in [4.69, 9.17) is 15.9 Å². The second kappa shape index (κ2) is 5.50. The monoisotopic (exact) mass is 190 g/mol. The summed E-state index contributed by atoms with van der Waals surface area (Å²) in [5.74, 6) is -2.28. The van der Waals surface area contributed by atoms with Gasteiger partial charge >= 0.3 is 11.9 Å². The number of hydrogen-bond acceptors (Lipinski definition) is 4. The van der Waals surface area contributed by atoms with Crippen LogP contribution in [0.5, 0.6) is 0 Å². The van der Waals surface area contributed by atoms with Crippen molar-refractivity contribution in [2.24, 2.45) is 5.73 Å². The van der Waals surface area contributed by atoms with Crippen LogP contribution in [0.2, 0.25) is 0 Å². The summed E-state index contributed by atoms with van der Waals surface area (Å²) in [6.45, 7) is 2.20. The van der Waals surface area contributed by atoms with Crippen LogP contribution in [0.1, 0.15) is 13.3 Å². The predicted octanol–water partition coefficient (Wildman–Crippen LogP) is -1.15. The molecule has 0 saturated heterocycles. The molecule has 0 amide bonds. The Kier molecular flexibility index (Phi) is 5.01. The van der Waals surface area contributed by atoms with Gasteiger partial charge in [0, 0.05) is 0 Å². The van der Waals surface area contributed by atoms with Crippen molar-refractivity contribution in [3.05, 3.63) is 0 Å². The summed E-state index contributed by atoms with van der Waals surface area (Å²) in [4.78, 5) is 20.9. The van der Waals surface area contributed by atoms with E-state index in [-0.39, 0.29) is 6.42 Å². The summed E-state index contributed by atoms with van der Waals surface area (Å²) >= 11 is 0. The maximum atomic E-state index is 10.5. The SMILES string of the molecule is CCNC(C[C@H](N)C(=O)O)C(=O)O. The van der Waals surface area contributed by atoms with Crippen molar-refractivity contribution in [2.75, 3.05) is 6.54 Å². The number of aliphatic carboxylic acids is 2. The smallest absolute Gasteiger partial charge is 0.320 e. The molecule has 0 aliphatic carbocycles. The van der Waals surface area contributed by atoms with E-state index in [1.165, 1.54) is 0 Å². The molecule has 5 N–H and O–H groups in total. The molecule has 0 bridgehead atoms. The highest BCUT2D eigenvalue weighted by Crippen LogP contribution is 1.96. The zero-order chi connectivity index (χ0) is 10.4. The first kappa shape index (κ1) is 11.9. The fraction of sp³-hybridized carbons (Fsp3) is 0.714. The highest BCUT2D eigenvalue weighted by Gasteiger charge is 2.22. The summed E-state index contributed by atoms with van der Waals surface area (Å²) < 4.78 is 0. The molecule has 6 heteroatoms. The first-order chi connectivity index (χ1) is 5.99. The minimum atomic E-state index is -1.19. The van der Waals surface area contributed by atoms with Crippen molar-refractivity contribution in [3.63, 3.8) is 0 Å². The molecular formula is C7H14N2O4. The van der Waals surface area contributed by atoms with Gasteiger partial charge in [0.15, 0.2) is 0 Å². The van der Waals surface area contributed by atoms with Crippen LogP contribution in [0, 0.1) is 0 Å². The van der Waals surface area contributed by atoms with Crippen LogP contribution >= 0.6 is 0 Å². The molecule has 6 nitrogen and oxygen atoms in total. The average molecular weight is 190 g/mol. The maximum Gasteiger partial charge on any atom is 0.320 e. The molecule has 0 aromatic rings. The fourth-order valence-corrected chi connectivity index (χ4v) is 0.873. The van der Waals surface area contributed by atoms with Crippen molar-refractivity contribution in [1.29, 1.82) is 0 Å². The highest BCUT2D eigenvalue weighted by molar-refractivity contribution is 5.77. The third-order valence-electron chi connectivity index (χ3n) is 1.56. The van der Waals surface area contributed by atoms with Gasteiger partial charge in [-0.15, -0.1) is 0 Å². The number of likely N-dealkylation sites (N-methyl/N-ethyl adjacent to an activating group) is 1. The number of nitrogens with one attached hydrogen (secondary N) is 1. The quantitative estimate of drug-likeness (QED) is 0.420. The van der Waals surface area contributed by atoms with E-state index in [0.29, 0.717) is 6.54 Å². The second-order valence-electron chi connectivity index (χ2n) is 2.63. The zero-order valence-electron chi connectivity index (χ0n) is 7.36. The largest absolute Gasteiger partial charge is 0.480 e. The Balaban J connectivity index is 4.09. The molecule has 0 saturated carbocycles. The number of carbonyl (C=O) groups is 2. The van der Waals surface area contributed by atoms with Crippen LogP contribution in [-0.2, 0) is 9.59 Å². The molecule has 0 spiro atoms. The van der Waals surface area contributed by atoms with E-state index in [9.17, 15) is 9.59 Å². The standard InChI is InChI=1S/C7H14N2O4/c1-2-9-5(7(12)13)3-4(8)6(10)11/h4-5,9H,2-3,8H2,1H3,(H,10,11)(H,12,13)/t4-,5?/m0/s1. The van der Waals surface area contributed by atoms with Crippen LogP contribution in [0.4, 0.5) is 0 Å². The lowest BCUT2D eigenvalue weighted by molar-refractivity contribution is -0.141. The Hall–Kier alpha value is -1.14. The van der Waals surface area contributed by atoms with Crippen molar-refractivity contribution < 1.29 is 19.8 Å². The lowest BCUT2D eigenvalue weighted by Crippen LogP contribution is -2.44. The molecule has 76 valence electrons. The molecule has 2 atom stereocenters. The summed E-state index contributed by atoms with van der Waals surface area (Å²) in [5.41, 5.74) is 5.18. The molecule has 0 heterocycles. The lowest BCUT2D eigenvalue weighted by Gasteiger charge is -2.14. The lowest BCUT2D eigenvalue weighted by atomic mass is 10.1. The molecule has 0 aliphatic rings. The Morgan fingerprint density at radius 2 is 1.92 bits per heavy atom. The van der Waals surface area contributed by atoms with Gasteiger partial charge in [-0.1, -0.05) is 6.92 Å². The molecule has 0 aliphatic heterocycles. The number of nitrogens with two attached hydrogens (primary N) is 1. The molecular weight excluding hydrogens is 176 g/mol. The van der Waals surface area contributed by atoms with Gasteiger partial charge in [0.2, 0.25) is 0 Å². The van der Waals surface area contributed by atoms with Gasteiger partial charge in [-0.2, -0.15) is 0 Å². The fourth-order valence-electron chi connectivity index (χ4n) is 0.873. The van der Waals surface area contributed by atoms with Crippen LogP contribution in [0.25, 0.3) is 0 Å². The summed E-state index contributed by atoms with van der Waals surface area (Å²) in [5, 5.41) is 19.7. The van der Waals surface area contributed by atoms with Gasteiger partial charge in [0.1, 0.15) is 12.1 Å². The number of hydrogen-bond donors (Lipinski definition) is 4. The number of carboxylic acids is 2. The van der Waals surface area contributed by atoms with Gasteiger partial charge in [0.05, 0.1) is 0 Å². The minimum absolute atomic E-state index is 0.113. The van der Waals surface area contributed by atoms with E-state index in [0.717, 1.165) is 0 Å². The van der Waals surface area contributed by atoms with Crippen LogP contribution in [-0.4, -0.2) is 40.8 Å². The molecule has 1 unspecified atom stereocenters. The molecule has 0 radical (unpaired) electrons. The maximum absolute atomic E-state index is 10.5. The van der Waals surface area contributed by atoms with E-state index in [1.54, 1.807) is 6.92 Å². The van der Waals surface area contributed by atoms with E-state index in [2.05, 4.69) is 5.32 Å². The summed E-state index contributed by atoms with van der Waals surface area (Å²) in [6.07, 6.45) is -0.113. The first-order valence-corrected chi connectivity index (χ1v) is 3.93. The van der Waals surface area contributed by atoms with Gasteiger partial charge in [-0.3, -0.25) is 9.59 Å². The van der Waals surface area contributed by atoms with Crippen LogP contribution in [0.15, 0.2) is 0 Å². The van der Waals surface area contributed by atoms with E-state index in [1.807, 2.05) is 0 Å². The van der Waals surface area contributed by atoms with Crippen LogP contribution < -0.4 is 11.1 Å². The van der Waals surface area contributed by atoms with Crippen molar-refractivity contribution in [1.82, 2.24) is 5.32 Å². The molecule has 0 aromatic carbocycles. The van der Waals surface area contributed by atoms with E-state index < -0.39 is 24.0 Å². The molecule has 0 aromatic heterocycles. The predicted molar refractivity (Wildman–Crippen MR) is 45.3 cm³/mol. The molecule has 13 heavy (non-hydrogen) atoms. The second-order valence-corrected chi connectivity index (χ2v) is 2.63. The van der Waals surface area contributed by atoms with E-state index >= 15 is 0 Å². The minimum Gasteiger partial charge on any atom is -0.480 e.